The largest absolute Gasteiger partial charge is 0.352 e. The summed E-state index contributed by atoms with van der Waals surface area (Å²) in [5, 5.41) is 0.952. The van der Waals surface area contributed by atoms with Crippen LogP contribution in [0.1, 0.15) is 36.8 Å². The van der Waals surface area contributed by atoms with Crippen molar-refractivity contribution >= 4 is 22.9 Å². The van der Waals surface area contributed by atoms with Gasteiger partial charge in [-0.1, -0.05) is 18.9 Å². The van der Waals surface area contributed by atoms with E-state index < -0.39 is 0 Å². The zero-order valence-corrected chi connectivity index (χ0v) is 15.7. The van der Waals surface area contributed by atoms with Crippen molar-refractivity contribution in [2.24, 2.45) is 0 Å². The number of halogens is 2. The van der Waals surface area contributed by atoms with Gasteiger partial charge in [0.15, 0.2) is 0 Å². The number of fused-ring (bicyclic) bond motifs is 1. The lowest BCUT2D eigenvalue weighted by atomic mass is 9.74. The van der Waals surface area contributed by atoms with Gasteiger partial charge >= 0.3 is 0 Å². The predicted octanol–water partition coefficient (Wildman–Crippen LogP) is 5.93. The average Bonchev–Trinajstić information content (AvgIpc) is 2.94. The molecular weight excluding hydrogens is 350 g/mol. The Labute approximate surface area is 156 Å². The lowest BCUT2D eigenvalue weighted by Gasteiger charge is -2.36. The summed E-state index contributed by atoms with van der Waals surface area (Å²) in [6.07, 6.45) is 2.06. The molecule has 0 atom stereocenters. The van der Waals surface area contributed by atoms with Gasteiger partial charge < -0.3 is 4.98 Å². The van der Waals surface area contributed by atoms with Gasteiger partial charge in [-0.05, 0) is 78.8 Å². The Morgan fingerprint density at radius 3 is 2.58 bits per heavy atom. The molecule has 4 rings (SSSR count). The SMILES string of the molecule is CCSNC1CC(c2c(-c3ccc(F)cc3)[nH]c3c(F)cc(C)cc23)C1. The van der Waals surface area contributed by atoms with E-state index in [-0.39, 0.29) is 11.6 Å². The number of H-pyrrole nitrogens is 1. The summed E-state index contributed by atoms with van der Waals surface area (Å²) in [4.78, 5) is 3.28. The van der Waals surface area contributed by atoms with Crippen molar-refractivity contribution in [1.82, 2.24) is 9.71 Å². The van der Waals surface area contributed by atoms with Crippen LogP contribution < -0.4 is 4.72 Å². The Morgan fingerprint density at radius 2 is 1.88 bits per heavy atom. The number of aromatic nitrogens is 1. The molecule has 3 aromatic rings. The summed E-state index contributed by atoms with van der Waals surface area (Å²) in [7, 11) is 0. The van der Waals surface area contributed by atoms with Gasteiger partial charge in [0, 0.05) is 17.2 Å². The van der Waals surface area contributed by atoms with Crippen LogP contribution in [0.5, 0.6) is 0 Å². The van der Waals surface area contributed by atoms with Gasteiger partial charge in [0.1, 0.15) is 11.6 Å². The second kappa shape index (κ2) is 7.05. The molecule has 2 N–H and O–H groups in total. The fraction of sp³-hybridized carbons (Fsp3) is 0.333. The third-order valence-corrected chi connectivity index (χ3v) is 5.91. The molecule has 0 amide bonds. The number of aryl methyl sites for hydroxylation is 1. The van der Waals surface area contributed by atoms with Gasteiger partial charge in [0.05, 0.1) is 11.2 Å². The first-order valence-corrected chi connectivity index (χ1v) is 10.00. The molecule has 0 aliphatic heterocycles. The number of aromatic amines is 1. The molecule has 0 spiro atoms. The Bertz CT molecular complexity index is 927. The molecule has 1 saturated carbocycles. The van der Waals surface area contributed by atoms with E-state index in [2.05, 4.69) is 22.7 Å². The van der Waals surface area contributed by atoms with E-state index in [1.807, 2.05) is 6.92 Å². The van der Waals surface area contributed by atoms with Crippen molar-refractivity contribution in [3.05, 3.63) is 59.2 Å². The quantitative estimate of drug-likeness (QED) is 0.544. The number of hydrogen-bond donors (Lipinski definition) is 2. The summed E-state index contributed by atoms with van der Waals surface area (Å²) in [6.45, 7) is 4.05. The Hall–Kier alpha value is -1.85. The second-order valence-corrected chi connectivity index (χ2v) is 8.11. The molecule has 2 aromatic carbocycles. The van der Waals surface area contributed by atoms with Crippen LogP contribution in [0, 0.1) is 18.6 Å². The van der Waals surface area contributed by atoms with Crippen LogP contribution in [0.3, 0.4) is 0 Å². The Morgan fingerprint density at radius 1 is 1.15 bits per heavy atom. The molecule has 1 aliphatic rings. The van der Waals surface area contributed by atoms with Gasteiger partial charge in [0.2, 0.25) is 0 Å². The molecule has 1 fully saturated rings. The highest BCUT2D eigenvalue weighted by molar-refractivity contribution is 7.97. The smallest absolute Gasteiger partial charge is 0.147 e. The first kappa shape index (κ1) is 17.6. The van der Waals surface area contributed by atoms with E-state index in [0.717, 1.165) is 46.4 Å². The highest BCUT2D eigenvalue weighted by Gasteiger charge is 2.34. The fourth-order valence-electron chi connectivity index (χ4n) is 3.83. The molecule has 0 saturated heterocycles. The topological polar surface area (TPSA) is 27.8 Å². The lowest BCUT2D eigenvalue weighted by molar-refractivity contribution is 0.336. The van der Waals surface area contributed by atoms with Crippen LogP contribution in [-0.2, 0) is 0 Å². The van der Waals surface area contributed by atoms with E-state index >= 15 is 0 Å². The highest BCUT2D eigenvalue weighted by atomic mass is 32.2. The van der Waals surface area contributed by atoms with Crippen LogP contribution in [0.15, 0.2) is 36.4 Å². The molecule has 136 valence electrons. The van der Waals surface area contributed by atoms with Crippen LogP contribution in [0.2, 0.25) is 0 Å². The van der Waals surface area contributed by atoms with E-state index in [0.29, 0.717) is 17.5 Å². The summed E-state index contributed by atoms with van der Waals surface area (Å²) in [5.74, 6) is 0.919. The molecule has 1 aliphatic carbocycles. The number of hydrogen-bond acceptors (Lipinski definition) is 2. The van der Waals surface area contributed by atoms with E-state index in [1.54, 1.807) is 30.1 Å². The van der Waals surface area contributed by atoms with E-state index in [9.17, 15) is 8.78 Å². The third-order valence-electron chi connectivity index (χ3n) is 5.12. The predicted molar refractivity (Wildman–Crippen MR) is 105 cm³/mol. The molecule has 0 radical (unpaired) electrons. The minimum absolute atomic E-state index is 0.231. The van der Waals surface area contributed by atoms with Gasteiger partial charge in [-0.3, -0.25) is 4.72 Å². The van der Waals surface area contributed by atoms with Crippen molar-refractivity contribution in [3.8, 4) is 11.3 Å². The van der Waals surface area contributed by atoms with Crippen molar-refractivity contribution in [1.29, 1.82) is 0 Å². The zero-order chi connectivity index (χ0) is 18.3. The van der Waals surface area contributed by atoms with Crippen LogP contribution >= 0.6 is 11.9 Å². The molecule has 1 aromatic heterocycles. The van der Waals surface area contributed by atoms with Crippen molar-refractivity contribution in [2.75, 3.05) is 5.75 Å². The van der Waals surface area contributed by atoms with Crippen molar-refractivity contribution in [2.45, 2.75) is 38.6 Å². The van der Waals surface area contributed by atoms with Gasteiger partial charge in [-0.15, -0.1) is 0 Å². The van der Waals surface area contributed by atoms with Crippen LogP contribution in [0.4, 0.5) is 8.78 Å². The van der Waals surface area contributed by atoms with E-state index in [1.165, 1.54) is 12.1 Å². The number of benzene rings is 2. The Kier molecular flexibility index (Phi) is 4.76. The van der Waals surface area contributed by atoms with Gasteiger partial charge in [0.25, 0.3) is 0 Å². The average molecular weight is 372 g/mol. The maximum Gasteiger partial charge on any atom is 0.147 e. The normalized spacial score (nSPS) is 19.7. The molecule has 5 heteroatoms. The first-order chi connectivity index (χ1) is 12.6. The highest BCUT2D eigenvalue weighted by Crippen LogP contribution is 2.46. The standard InChI is InChI=1S/C21H22F2N2S/c1-3-26-25-16-10-14(11-16)19-17-8-12(2)9-18(23)21(17)24-20(19)13-4-6-15(22)7-5-13/h4-9,14,16,24-25H,3,10-11H2,1-2H3. The maximum absolute atomic E-state index is 14.5. The summed E-state index contributed by atoms with van der Waals surface area (Å²) in [6, 6.07) is 10.5. The minimum atomic E-state index is -0.266. The molecular formula is C21H22F2N2S. The fourth-order valence-corrected chi connectivity index (χ4v) is 4.42. The summed E-state index contributed by atoms with van der Waals surface area (Å²) >= 11 is 1.74. The zero-order valence-electron chi connectivity index (χ0n) is 14.9. The molecule has 1 heterocycles. The van der Waals surface area contributed by atoms with Crippen molar-refractivity contribution < 1.29 is 8.78 Å². The molecule has 26 heavy (non-hydrogen) atoms. The van der Waals surface area contributed by atoms with Crippen LogP contribution in [0.25, 0.3) is 22.2 Å². The third kappa shape index (κ3) is 3.14. The monoisotopic (exact) mass is 372 g/mol. The lowest BCUT2D eigenvalue weighted by Crippen LogP contribution is -2.36. The number of rotatable bonds is 5. The molecule has 0 bridgehead atoms. The van der Waals surface area contributed by atoms with Gasteiger partial charge in [-0.2, -0.15) is 0 Å². The minimum Gasteiger partial charge on any atom is -0.352 e. The second-order valence-electron chi connectivity index (χ2n) is 7.01. The number of nitrogens with one attached hydrogen (secondary N) is 2. The first-order valence-electron chi connectivity index (χ1n) is 9.01. The molecule has 2 nitrogen and oxygen atoms in total. The van der Waals surface area contributed by atoms with Crippen molar-refractivity contribution in [3.63, 3.8) is 0 Å². The summed E-state index contributed by atoms with van der Waals surface area (Å²) in [5.41, 5.74) is 4.43. The maximum atomic E-state index is 14.5. The molecule has 0 unspecified atom stereocenters. The van der Waals surface area contributed by atoms with E-state index in [4.69, 9.17) is 0 Å². The van der Waals surface area contributed by atoms with Crippen LogP contribution in [-0.4, -0.2) is 16.8 Å². The van der Waals surface area contributed by atoms with Gasteiger partial charge in [-0.25, -0.2) is 8.78 Å². The Balaban J connectivity index is 1.78. The summed E-state index contributed by atoms with van der Waals surface area (Å²) < 4.78 is 31.4.